The van der Waals surface area contributed by atoms with Gasteiger partial charge in [-0.2, -0.15) is 0 Å². The fraction of sp³-hybridized carbons (Fsp3) is 0.550. The van der Waals surface area contributed by atoms with Crippen molar-refractivity contribution in [2.75, 3.05) is 18.4 Å². The summed E-state index contributed by atoms with van der Waals surface area (Å²) in [5.41, 5.74) is 2.17. The van der Waals surface area contributed by atoms with Gasteiger partial charge in [0.05, 0.1) is 5.92 Å². The zero-order valence-corrected chi connectivity index (χ0v) is 15.9. The molecule has 1 aliphatic heterocycles. The van der Waals surface area contributed by atoms with Crippen molar-refractivity contribution in [2.24, 2.45) is 11.8 Å². The number of likely N-dealkylation sites (tertiary alicyclic amines) is 1. The third-order valence-corrected chi connectivity index (χ3v) is 4.76. The van der Waals surface area contributed by atoms with Gasteiger partial charge in [-0.25, -0.2) is 4.98 Å². The van der Waals surface area contributed by atoms with Crippen LogP contribution in [0.2, 0.25) is 0 Å². The van der Waals surface area contributed by atoms with Crippen LogP contribution in [-0.4, -0.2) is 34.8 Å². The molecule has 2 aromatic rings. The number of nitrogens with one attached hydrogen (secondary N) is 1. The average Bonchev–Trinajstić information content (AvgIpc) is 3.04. The molecule has 1 aromatic heterocycles. The summed E-state index contributed by atoms with van der Waals surface area (Å²) in [6.07, 6.45) is 1.66. The molecule has 6 heteroatoms. The van der Waals surface area contributed by atoms with Gasteiger partial charge in [0.1, 0.15) is 5.52 Å². The van der Waals surface area contributed by atoms with Crippen molar-refractivity contribution in [3.05, 3.63) is 24.1 Å². The standard InChI is InChI=1S/C20H27N3O3/c1-12(2)19-22-16-10-15(7-8-17(16)26-19)21-18(24)14-6-5-9-23(11-14)20(25)13(3)4/h7-8,10,12-14H,5-6,9,11H2,1-4H3,(H,21,24)/t14-/m1/s1. The fourth-order valence-corrected chi connectivity index (χ4v) is 3.27. The third-order valence-electron chi connectivity index (χ3n) is 4.76. The highest BCUT2D eigenvalue weighted by Gasteiger charge is 2.29. The van der Waals surface area contributed by atoms with Gasteiger partial charge in [-0.05, 0) is 31.0 Å². The van der Waals surface area contributed by atoms with Gasteiger partial charge in [0.2, 0.25) is 11.8 Å². The molecule has 0 bridgehead atoms. The Labute approximate surface area is 153 Å². The second-order valence-corrected chi connectivity index (χ2v) is 7.66. The number of aromatic nitrogens is 1. The molecular weight excluding hydrogens is 330 g/mol. The number of oxazole rings is 1. The number of fused-ring (bicyclic) bond motifs is 1. The molecule has 3 rings (SSSR count). The Morgan fingerprint density at radius 3 is 2.73 bits per heavy atom. The molecule has 1 N–H and O–H groups in total. The quantitative estimate of drug-likeness (QED) is 0.903. The first-order valence-electron chi connectivity index (χ1n) is 9.35. The molecule has 0 radical (unpaired) electrons. The molecule has 1 aromatic carbocycles. The molecule has 0 aliphatic carbocycles. The van der Waals surface area contributed by atoms with E-state index in [1.807, 2.05) is 50.8 Å². The number of carbonyl (C=O) groups is 2. The van der Waals surface area contributed by atoms with E-state index in [1.165, 1.54) is 0 Å². The summed E-state index contributed by atoms with van der Waals surface area (Å²) in [6, 6.07) is 5.50. The number of amides is 2. The summed E-state index contributed by atoms with van der Waals surface area (Å²) in [6.45, 7) is 9.08. The lowest BCUT2D eigenvalue weighted by Gasteiger charge is -2.33. The molecule has 1 aliphatic rings. The highest BCUT2D eigenvalue weighted by Crippen LogP contribution is 2.25. The van der Waals surface area contributed by atoms with E-state index in [-0.39, 0.29) is 29.6 Å². The molecule has 2 heterocycles. The van der Waals surface area contributed by atoms with E-state index in [2.05, 4.69) is 10.3 Å². The Bertz CT molecular complexity index is 810. The van der Waals surface area contributed by atoms with Gasteiger partial charge in [0.15, 0.2) is 11.5 Å². The fourth-order valence-electron chi connectivity index (χ4n) is 3.27. The van der Waals surface area contributed by atoms with Crippen LogP contribution in [0.4, 0.5) is 5.69 Å². The third kappa shape index (κ3) is 3.89. The summed E-state index contributed by atoms with van der Waals surface area (Å²) >= 11 is 0. The first kappa shape index (κ1) is 18.4. The van der Waals surface area contributed by atoms with Crippen LogP contribution in [0, 0.1) is 11.8 Å². The van der Waals surface area contributed by atoms with Gasteiger partial charge >= 0.3 is 0 Å². The van der Waals surface area contributed by atoms with E-state index in [1.54, 1.807) is 0 Å². The molecule has 140 valence electrons. The van der Waals surface area contributed by atoms with E-state index in [0.717, 1.165) is 30.5 Å². The summed E-state index contributed by atoms with van der Waals surface area (Å²) < 4.78 is 5.70. The number of hydrogen-bond acceptors (Lipinski definition) is 4. The van der Waals surface area contributed by atoms with Crippen LogP contribution in [-0.2, 0) is 9.59 Å². The van der Waals surface area contributed by atoms with E-state index < -0.39 is 0 Å². The number of carbonyl (C=O) groups excluding carboxylic acids is 2. The van der Waals surface area contributed by atoms with Crippen molar-refractivity contribution in [3.8, 4) is 0 Å². The van der Waals surface area contributed by atoms with Crippen molar-refractivity contribution in [1.29, 1.82) is 0 Å². The van der Waals surface area contributed by atoms with Gasteiger partial charge in [-0.3, -0.25) is 9.59 Å². The molecule has 0 unspecified atom stereocenters. The van der Waals surface area contributed by atoms with E-state index in [0.29, 0.717) is 18.1 Å². The molecule has 0 spiro atoms. The lowest BCUT2D eigenvalue weighted by Crippen LogP contribution is -2.45. The Morgan fingerprint density at radius 2 is 2.04 bits per heavy atom. The van der Waals surface area contributed by atoms with Crippen LogP contribution >= 0.6 is 0 Å². The number of anilines is 1. The first-order valence-corrected chi connectivity index (χ1v) is 9.35. The van der Waals surface area contributed by atoms with Crippen molar-refractivity contribution in [3.63, 3.8) is 0 Å². The molecule has 26 heavy (non-hydrogen) atoms. The van der Waals surface area contributed by atoms with E-state index in [4.69, 9.17) is 4.42 Å². The number of nitrogens with zero attached hydrogens (tertiary/aromatic N) is 2. The number of benzene rings is 1. The highest BCUT2D eigenvalue weighted by molar-refractivity contribution is 5.94. The molecule has 0 saturated carbocycles. The van der Waals surface area contributed by atoms with Crippen LogP contribution in [0.5, 0.6) is 0 Å². The van der Waals surface area contributed by atoms with E-state index >= 15 is 0 Å². The average molecular weight is 357 g/mol. The minimum atomic E-state index is -0.175. The van der Waals surface area contributed by atoms with Crippen molar-refractivity contribution < 1.29 is 14.0 Å². The minimum Gasteiger partial charge on any atom is -0.440 e. The van der Waals surface area contributed by atoms with Gasteiger partial charge < -0.3 is 14.6 Å². The SMILES string of the molecule is CC(C)C(=O)N1CCC[C@@H](C(=O)Nc2ccc3oc(C(C)C)nc3c2)C1. The topological polar surface area (TPSA) is 75.4 Å². The number of rotatable bonds is 4. The van der Waals surface area contributed by atoms with Crippen LogP contribution in [0.1, 0.15) is 52.3 Å². The highest BCUT2D eigenvalue weighted by atomic mass is 16.3. The van der Waals surface area contributed by atoms with E-state index in [9.17, 15) is 9.59 Å². The van der Waals surface area contributed by atoms with Crippen molar-refractivity contribution in [2.45, 2.75) is 46.5 Å². The second kappa shape index (κ2) is 7.48. The molecule has 2 amide bonds. The molecule has 1 fully saturated rings. The number of piperidine rings is 1. The first-order chi connectivity index (χ1) is 12.3. The zero-order chi connectivity index (χ0) is 18.8. The summed E-state index contributed by atoms with van der Waals surface area (Å²) in [5.74, 6) is 0.767. The van der Waals surface area contributed by atoms with Crippen LogP contribution < -0.4 is 5.32 Å². The Morgan fingerprint density at radius 1 is 1.27 bits per heavy atom. The minimum absolute atomic E-state index is 0.0402. The van der Waals surface area contributed by atoms with Crippen LogP contribution in [0.15, 0.2) is 22.6 Å². The Kier molecular flexibility index (Phi) is 5.30. The predicted octanol–water partition coefficient (Wildman–Crippen LogP) is 3.78. The lowest BCUT2D eigenvalue weighted by molar-refractivity contribution is -0.137. The maximum absolute atomic E-state index is 12.7. The Balaban J connectivity index is 1.69. The summed E-state index contributed by atoms with van der Waals surface area (Å²) in [7, 11) is 0. The molecule has 1 saturated heterocycles. The summed E-state index contributed by atoms with van der Waals surface area (Å²) in [5, 5.41) is 2.97. The number of hydrogen-bond donors (Lipinski definition) is 1. The maximum Gasteiger partial charge on any atom is 0.229 e. The van der Waals surface area contributed by atoms with Gasteiger partial charge in [0, 0.05) is 30.6 Å². The Hall–Kier alpha value is -2.37. The maximum atomic E-state index is 12.7. The monoisotopic (exact) mass is 357 g/mol. The molecule has 6 nitrogen and oxygen atoms in total. The zero-order valence-electron chi connectivity index (χ0n) is 15.9. The normalized spacial score (nSPS) is 17.9. The second-order valence-electron chi connectivity index (χ2n) is 7.66. The van der Waals surface area contributed by atoms with Crippen LogP contribution in [0.25, 0.3) is 11.1 Å². The predicted molar refractivity (Wildman–Crippen MR) is 101 cm³/mol. The van der Waals surface area contributed by atoms with Gasteiger partial charge in [0.25, 0.3) is 0 Å². The van der Waals surface area contributed by atoms with Crippen molar-refractivity contribution >= 4 is 28.6 Å². The van der Waals surface area contributed by atoms with Crippen molar-refractivity contribution in [1.82, 2.24) is 9.88 Å². The largest absolute Gasteiger partial charge is 0.440 e. The molecule has 1 atom stereocenters. The smallest absolute Gasteiger partial charge is 0.229 e. The van der Waals surface area contributed by atoms with Gasteiger partial charge in [-0.1, -0.05) is 27.7 Å². The van der Waals surface area contributed by atoms with Crippen LogP contribution in [0.3, 0.4) is 0 Å². The molecular formula is C20H27N3O3. The summed E-state index contributed by atoms with van der Waals surface area (Å²) in [4.78, 5) is 31.2. The van der Waals surface area contributed by atoms with Gasteiger partial charge in [-0.15, -0.1) is 0 Å². The lowest BCUT2D eigenvalue weighted by atomic mass is 9.96.